The first-order valence-corrected chi connectivity index (χ1v) is 7.84. The lowest BCUT2D eigenvalue weighted by atomic mass is 10.1. The molecule has 0 saturated carbocycles. The van der Waals surface area contributed by atoms with Crippen LogP contribution in [0, 0.1) is 5.82 Å². The van der Waals surface area contributed by atoms with Crippen molar-refractivity contribution in [2.45, 2.75) is 25.5 Å². The van der Waals surface area contributed by atoms with Crippen molar-refractivity contribution in [2.75, 3.05) is 18.4 Å². The second-order valence-corrected chi connectivity index (χ2v) is 5.66. The van der Waals surface area contributed by atoms with Crippen LogP contribution in [0.1, 0.15) is 29.4 Å². The topological polar surface area (TPSA) is 68.2 Å². The Labute approximate surface area is 142 Å². The first-order valence-electron chi connectivity index (χ1n) is 7.84. The van der Waals surface area contributed by atoms with E-state index in [0.29, 0.717) is 0 Å². The molecule has 3 rings (SSSR count). The molecule has 1 atom stereocenters. The third kappa shape index (κ3) is 4.30. The van der Waals surface area contributed by atoms with Crippen molar-refractivity contribution in [2.24, 2.45) is 0 Å². The number of rotatable bonds is 5. The van der Waals surface area contributed by atoms with Gasteiger partial charge in [0.05, 0.1) is 6.04 Å². The summed E-state index contributed by atoms with van der Waals surface area (Å²) in [5.74, 6) is -2.08. The summed E-state index contributed by atoms with van der Waals surface area (Å²) in [4.78, 5) is 12.2. The van der Waals surface area contributed by atoms with Crippen molar-refractivity contribution in [3.8, 4) is 5.75 Å². The molecule has 134 valence electrons. The molecule has 1 amide bonds. The van der Waals surface area contributed by atoms with Crippen LogP contribution in [0.3, 0.4) is 0 Å². The summed E-state index contributed by atoms with van der Waals surface area (Å²) >= 11 is 0. The molecule has 1 fully saturated rings. The van der Waals surface area contributed by atoms with Gasteiger partial charge >= 0.3 is 6.61 Å². The van der Waals surface area contributed by atoms with E-state index in [9.17, 15) is 18.0 Å². The van der Waals surface area contributed by atoms with Crippen LogP contribution in [-0.2, 0) is 0 Å². The molecule has 2 heterocycles. The van der Waals surface area contributed by atoms with E-state index in [4.69, 9.17) is 0 Å². The number of ether oxygens (including phenoxy) is 1. The van der Waals surface area contributed by atoms with Gasteiger partial charge in [0.2, 0.25) is 0 Å². The van der Waals surface area contributed by atoms with Gasteiger partial charge in [-0.15, -0.1) is 0 Å². The van der Waals surface area contributed by atoms with Crippen LogP contribution in [0.4, 0.5) is 18.9 Å². The Morgan fingerprint density at radius 3 is 2.92 bits per heavy atom. The highest BCUT2D eigenvalue weighted by molar-refractivity contribution is 6.02. The second-order valence-electron chi connectivity index (χ2n) is 5.66. The number of nitrogens with zero attached hydrogens (tertiary/aromatic N) is 2. The van der Waals surface area contributed by atoms with Gasteiger partial charge in [-0.3, -0.25) is 9.48 Å². The molecule has 1 aliphatic heterocycles. The molecule has 0 radical (unpaired) electrons. The standard InChI is InChI=1S/C16H17F3N4O2/c17-12-8-10(3-4-14(12)25-16(18)19)21-15(24)13-5-7-23(22-13)11-2-1-6-20-9-11/h3-5,7-8,11,16,20H,1-2,6,9H2,(H,21,24). The predicted octanol–water partition coefficient (Wildman–Crippen LogP) is 2.80. The highest BCUT2D eigenvalue weighted by atomic mass is 19.3. The predicted molar refractivity (Wildman–Crippen MR) is 84.4 cm³/mol. The minimum Gasteiger partial charge on any atom is -0.432 e. The van der Waals surface area contributed by atoms with Crippen LogP contribution in [0.5, 0.6) is 5.75 Å². The molecule has 1 aliphatic rings. The molecule has 0 spiro atoms. The van der Waals surface area contributed by atoms with Gasteiger partial charge in [-0.05, 0) is 37.6 Å². The number of alkyl halides is 2. The van der Waals surface area contributed by atoms with E-state index in [-0.39, 0.29) is 17.4 Å². The average Bonchev–Trinajstić information content (AvgIpc) is 3.08. The summed E-state index contributed by atoms with van der Waals surface area (Å²) in [6.07, 6.45) is 3.75. The SMILES string of the molecule is O=C(Nc1ccc(OC(F)F)c(F)c1)c1ccn(C2CCCNC2)n1. The van der Waals surface area contributed by atoms with Crippen molar-refractivity contribution in [3.63, 3.8) is 0 Å². The molecule has 25 heavy (non-hydrogen) atoms. The minimum atomic E-state index is -3.12. The number of carbonyl (C=O) groups excluding carboxylic acids is 1. The third-order valence-electron chi connectivity index (χ3n) is 3.89. The molecule has 6 nitrogen and oxygen atoms in total. The van der Waals surface area contributed by atoms with Gasteiger partial charge in [0.1, 0.15) is 0 Å². The minimum absolute atomic E-state index is 0.123. The van der Waals surface area contributed by atoms with Crippen LogP contribution in [0.25, 0.3) is 0 Å². The summed E-state index contributed by atoms with van der Waals surface area (Å²) < 4.78 is 43.7. The molecule has 2 aromatic rings. The van der Waals surface area contributed by atoms with Gasteiger partial charge in [-0.1, -0.05) is 0 Å². The van der Waals surface area contributed by atoms with Gasteiger partial charge in [0, 0.05) is 24.5 Å². The Morgan fingerprint density at radius 2 is 2.24 bits per heavy atom. The van der Waals surface area contributed by atoms with Crippen LogP contribution >= 0.6 is 0 Å². The van der Waals surface area contributed by atoms with E-state index < -0.39 is 24.1 Å². The molecule has 2 N–H and O–H groups in total. The number of aromatic nitrogens is 2. The van der Waals surface area contributed by atoms with Gasteiger partial charge < -0.3 is 15.4 Å². The lowest BCUT2D eigenvalue weighted by Gasteiger charge is -2.22. The monoisotopic (exact) mass is 354 g/mol. The number of piperidine rings is 1. The molecular formula is C16H17F3N4O2. The first-order chi connectivity index (χ1) is 12.0. The van der Waals surface area contributed by atoms with Crippen molar-refractivity contribution >= 4 is 11.6 Å². The zero-order chi connectivity index (χ0) is 17.8. The Bertz CT molecular complexity index is 745. The highest BCUT2D eigenvalue weighted by Crippen LogP contribution is 2.23. The number of hydrogen-bond donors (Lipinski definition) is 2. The van der Waals surface area contributed by atoms with E-state index in [0.717, 1.165) is 38.1 Å². The Morgan fingerprint density at radius 1 is 1.40 bits per heavy atom. The number of carbonyl (C=O) groups is 1. The third-order valence-corrected chi connectivity index (χ3v) is 3.89. The van der Waals surface area contributed by atoms with Crippen LogP contribution in [0.15, 0.2) is 30.5 Å². The lowest BCUT2D eigenvalue weighted by Crippen LogP contribution is -2.32. The fraction of sp³-hybridized carbons (Fsp3) is 0.375. The highest BCUT2D eigenvalue weighted by Gasteiger charge is 2.18. The number of nitrogens with one attached hydrogen (secondary N) is 2. The average molecular weight is 354 g/mol. The van der Waals surface area contributed by atoms with E-state index in [1.807, 2.05) is 0 Å². The Hall–Kier alpha value is -2.55. The molecule has 1 aromatic heterocycles. The van der Waals surface area contributed by atoms with Crippen LogP contribution < -0.4 is 15.4 Å². The fourth-order valence-electron chi connectivity index (χ4n) is 2.69. The van der Waals surface area contributed by atoms with E-state index >= 15 is 0 Å². The summed E-state index contributed by atoms with van der Waals surface area (Å²) in [6.45, 7) is -1.35. The molecule has 1 aromatic carbocycles. The molecular weight excluding hydrogens is 337 g/mol. The maximum Gasteiger partial charge on any atom is 0.387 e. The van der Waals surface area contributed by atoms with Gasteiger partial charge in [0.15, 0.2) is 17.3 Å². The number of hydrogen-bond acceptors (Lipinski definition) is 4. The quantitative estimate of drug-likeness (QED) is 0.866. The van der Waals surface area contributed by atoms with Crippen molar-refractivity contribution in [1.82, 2.24) is 15.1 Å². The molecule has 0 bridgehead atoms. The fourth-order valence-corrected chi connectivity index (χ4v) is 2.69. The van der Waals surface area contributed by atoms with Crippen LogP contribution in [0.2, 0.25) is 0 Å². The number of benzene rings is 1. The molecule has 1 unspecified atom stereocenters. The van der Waals surface area contributed by atoms with Gasteiger partial charge in [-0.2, -0.15) is 13.9 Å². The van der Waals surface area contributed by atoms with E-state index in [1.165, 1.54) is 6.07 Å². The summed E-state index contributed by atoms with van der Waals surface area (Å²) in [5, 5.41) is 10.0. The summed E-state index contributed by atoms with van der Waals surface area (Å²) in [5.41, 5.74) is 0.317. The normalized spacial score (nSPS) is 17.5. The zero-order valence-corrected chi connectivity index (χ0v) is 13.2. The second kappa shape index (κ2) is 7.56. The summed E-state index contributed by atoms with van der Waals surface area (Å²) in [6, 6.07) is 5.00. The smallest absolute Gasteiger partial charge is 0.387 e. The van der Waals surface area contributed by atoms with Crippen molar-refractivity contribution in [3.05, 3.63) is 42.0 Å². The maximum atomic E-state index is 13.7. The van der Waals surface area contributed by atoms with E-state index in [2.05, 4.69) is 20.5 Å². The van der Waals surface area contributed by atoms with Crippen molar-refractivity contribution in [1.29, 1.82) is 0 Å². The maximum absolute atomic E-state index is 13.7. The molecule has 1 saturated heterocycles. The molecule has 0 aliphatic carbocycles. The number of amides is 1. The van der Waals surface area contributed by atoms with Gasteiger partial charge in [-0.25, -0.2) is 4.39 Å². The first kappa shape index (κ1) is 17.3. The largest absolute Gasteiger partial charge is 0.432 e. The van der Waals surface area contributed by atoms with Crippen molar-refractivity contribution < 1.29 is 22.7 Å². The van der Waals surface area contributed by atoms with Gasteiger partial charge in [0.25, 0.3) is 5.91 Å². The van der Waals surface area contributed by atoms with E-state index in [1.54, 1.807) is 16.9 Å². The van der Waals surface area contributed by atoms with Crippen LogP contribution in [-0.4, -0.2) is 35.4 Å². The zero-order valence-electron chi connectivity index (χ0n) is 13.2. The Kier molecular flexibility index (Phi) is 5.22. The number of anilines is 1. The molecule has 9 heteroatoms. The number of halogens is 3. The Balaban J connectivity index is 1.66. The lowest BCUT2D eigenvalue weighted by molar-refractivity contribution is -0.0521. The summed E-state index contributed by atoms with van der Waals surface area (Å²) in [7, 11) is 0.